The molecule has 8 N–H and O–H groups in total. The minimum atomic E-state index is -1.33. The fourth-order valence-corrected chi connectivity index (χ4v) is 8.30. The molecule has 2 rings (SSSR count). The van der Waals surface area contributed by atoms with Crippen molar-refractivity contribution in [1.29, 1.82) is 0 Å². The lowest BCUT2D eigenvalue weighted by molar-refractivity contribution is -0.140. The van der Waals surface area contributed by atoms with E-state index in [1.165, 1.54) is 0 Å². The second-order valence-electron chi connectivity index (χ2n) is 18.2. The quantitative estimate of drug-likeness (QED) is 0.0337. The molecular weight excluding hydrogens is 919 g/mol. The number of nitrogens with zero attached hydrogens (tertiary/aromatic N) is 3. The number of carbonyl (C=O) groups is 7. The third-order valence-electron chi connectivity index (χ3n) is 11.9. The van der Waals surface area contributed by atoms with E-state index in [2.05, 4.69) is 67.2 Å². The number of carboxylic acids is 4. The maximum atomic E-state index is 13.4. The van der Waals surface area contributed by atoms with Crippen LogP contribution in [0.15, 0.2) is 54.6 Å². The smallest absolute Gasteiger partial charge is 0.326 e. The Hall–Kier alpha value is -5.34. The highest BCUT2D eigenvalue weighted by atomic mass is 32.1. The van der Waals surface area contributed by atoms with Crippen LogP contribution in [0.5, 0.6) is 0 Å². The molecule has 0 aliphatic rings. The molecule has 0 fully saturated rings. The molecule has 390 valence electrons. The van der Waals surface area contributed by atoms with Gasteiger partial charge in [-0.2, -0.15) is 0 Å². The van der Waals surface area contributed by atoms with Crippen molar-refractivity contribution in [3.05, 3.63) is 71.3 Å². The Bertz CT molecular complexity index is 1910. The van der Waals surface area contributed by atoms with Crippen LogP contribution in [0.2, 0.25) is 0 Å². The third kappa shape index (κ3) is 29.0. The average Bonchev–Trinajstić information content (AvgIpc) is 3.30. The van der Waals surface area contributed by atoms with E-state index in [9.17, 15) is 43.8 Å². The summed E-state index contributed by atoms with van der Waals surface area (Å²) >= 11 is 5.77. The van der Waals surface area contributed by atoms with Crippen LogP contribution >= 0.6 is 12.2 Å². The monoisotopic (exact) mass is 998 g/mol. The van der Waals surface area contributed by atoms with Gasteiger partial charge in [-0.1, -0.05) is 93.0 Å². The molecule has 0 aliphatic carbocycles. The highest BCUT2D eigenvalue weighted by Gasteiger charge is 2.26. The second-order valence-corrected chi connectivity index (χ2v) is 18.7. The number of likely N-dealkylation sites (N-methyl/N-ethyl adjacent to an activating group) is 2. The van der Waals surface area contributed by atoms with E-state index in [0.29, 0.717) is 52.0 Å². The van der Waals surface area contributed by atoms with Gasteiger partial charge in [0.05, 0.1) is 13.1 Å². The molecule has 0 aromatic heterocycles. The highest BCUT2D eigenvalue weighted by Crippen LogP contribution is 2.18. The first-order chi connectivity index (χ1) is 33.4. The normalized spacial score (nSPS) is 12.6. The number of carboxylic acid groups (broad SMARTS) is 4. The number of hydrogen-bond donors (Lipinski definition) is 8. The lowest BCUT2D eigenvalue weighted by Gasteiger charge is -2.34. The zero-order valence-electron chi connectivity index (χ0n) is 41.5. The van der Waals surface area contributed by atoms with Gasteiger partial charge in [0.25, 0.3) is 0 Å². The number of rotatable bonds is 41. The van der Waals surface area contributed by atoms with Gasteiger partial charge in [-0.3, -0.25) is 28.9 Å². The van der Waals surface area contributed by atoms with Crippen molar-refractivity contribution in [2.45, 2.75) is 115 Å². The van der Waals surface area contributed by atoms with Crippen LogP contribution < -0.4 is 21.3 Å². The van der Waals surface area contributed by atoms with Gasteiger partial charge >= 0.3 is 29.9 Å². The molecule has 0 aliphatic heterocycles. The summed E-state index contributed by atoms with van der Waals surface area (Å²) < 4.78 is 0. The van der Waals surface area contributed by atoms with E-state index in [4.69, 9.17) is 22.4 Å². The van der Waals surface area contributed by atoms with Gasteiger partial charge in [-0.25, -0.2) is 9.59 Å². The SMILES string of the molecule is CCCN(CC(=O)O)C(Cc1ccc(CC(=S)CCCCCCCNC(=O)[C@@H](CC(=O)CC[C@H](NC(=O)NCCCC(=O)O)C(=O)O)Cc2ccccc2)cc1)CN(C)CCN(C)CCNCC(=O)O. The van der Waals surface area contributed by atoms with E-state index in [0.717, 1.165) is 79.6 Å². The van der Waals surface area contributed by atoms with Gasteiger partial charge in [0.15, 0.2) is 0 Å². The summed E-state index contributed by atoms with van der Waals surface area (Å²) in [5.41, 5.74) is 3.16. The highest BCUT2D eigenvalue weighted by molar-refractivity contribution is 7.80. The van der Waals surface area contributed by atoms with Crippen LogP contribution in [-0.2, 0) is 48.0 Å². The summed E-state index contributed by atoms with van der Waals surface area (Å²) in [6.07, 6.45) is 7.69. The number of unbranched alkanes of at least 4 members (excludes halogenated alkanes) is 4. The molecule has 2 aromatic rings. The predicted octanol–water partition coefficient (Wildman–Crippen LogP) is 4.52. The van der Waals surface area contributed by atoms with Gasteiger partial charge in [0.1, 0.15) is 11.8 Å². The van der Waals surface area contributed by atoms with Crippen LogP contribution in [0.25, 0.3) is 0 Å². The van der Waals surface area contributed by atoms with Crippen molar-refractivity contribution in [3.63, 3.8) is 0 Å². The summed E-state index contributed by atoms with van der Waals surface area (Å²) in [5.74, 6) is -5.24. The Balaban J connectivity index is 1.80. The standard InChI is InChI=1S/C51H79N7O11S/c1-4-27-58(37-48(64)65)42(36-57(3)30-29-56(2)28-26-52-35-47(62)63)32-39-18-20-40(21-19-39)33-44(70)16-11-6-5-7-12-24-53-49(66)41(31-38-14-9-8-10-15-38)34-43(59)22-23-45(50(67)68)55-51(69)54-25-13-17-46(60)61/h8-10,14-15,18-21,41-42,45,52H,4-7,11-13,16-17,22-37H2,1-3H3,(H,53,66)(H,60,61)(H,62,63)(H,64,65)(H,67,68)(H2,54,55,69)/t41-,42?,45+/m1/s1. The average molecular weight is 998 g/mol. The molecule has 0 bridgehead atoms. The molecule has 0 heterocycles. The molecular formula is C51H79N7O11S. The first-order valence-corrected chi connectivity index (χ1v) is 25.0. The van der Waals surface area contributed by atoms with Crippen molar-refractivity contribution in [1.82, 2.24) is 36.0 Å². The number of carbonyl (C=O) groups excluding carboxylic acids is 3. The Morgan fingerprint density at radius 1 is 0.643 bits per heavy atom. The van der Waals surface area contributed by atoms with Crippen LogP contribution in [0, 0.1) is 5.92 Å². The van der Waals surface area contributed by atoms with Crippen molar-refractivity contribution in [3.8, 4) is 0 Å². The summed E-state index contributed by atoms with van der Waals surface area (Å²) in [4.78, 5) is 91.1. The van der Waals surface area contributed by atoms with Crippen LogP contribution in [0.1, 0.15) is 101 Å². The fourth-order valence-electron chi connectivity index (χ4n) is 7.99. The maximum absolute atomic E-state index is 13.4. The summed E-state index contributed by atoms with van der Waals surface area (Å²) in [5, 5.41) is 47.5. The van der Waals surface area contributed by atoms with E-state index < -0.39 is 41.9 Å². The van der Waals surface area contributed by atoms with Crippen LogP contribution in [0.3, 0.4) is 0 Å². The number of thiocarbonyl (C=S) groups is 1. The van der Waals surface area contributed by atoms with Crippen molar-refractivity contribution in [2.75, 3.05) is 79.5 Å². The van der Waals surface area contributed by atoms with Gasteiger partial charge in [0, 0.05) is 83.5 Å². The zero-order valence-corrected chi connectivity index (χ0v) is 42.3. The van der Waals surface area contributed by atoms with Gasteiger partial charge in [-0.15, -0.1) is 0 Å². The predicted molar refractivity (Wildman–Crippen MR) is 273 cm³/mol. The maximum Gasteiger partial charge on any atom is 0.326 e. The molecule has 70 heavy (non-hydrogen) atoms. The molecule has 2 aromatic carbocycles. The summed E-state index contributed by atoms with van der Waals surface area (Å²) in [6.45, 7) is 6.71. The lowest BCUT2D eigenvalue weighted by atomic mass is 9.91. The lowest BCUT2D eigenvalue weighted by Crippen LogP contribution is -2.48. The third-order valence-corrected chi connectivity index (χ3v) is 12.2. The fraction of sp³-hybridized carbons (Fsp3) is 0.608. The minimum absolute atomic E-state index is 0.00365. The molecule has 19 heteroatoms. The van der Waals surface area contributed by atoms with Gasteiger partial charge in [-0.05, 0) is 93.6 Å². The zero-order chi connectivity index (χ0) is 51.7. The number of Topliss-reactive ketones (excluding diaryl/α,β-unsaturated/α-hetero) is 1. The Kier molecular flexibility index (Phi) is 31.0. The minimum Gasteiger partial charge on any atom is -0.481 e. The number of hydrogen-bond acceptors (Lipinski definition) is 12. The number of benzene rings is 2. The Morgan fingerprint density at radius 3 is 1.94 bits per heavy atom. The van der Waals surface area contributed by atoms with E-state index in [-0.39, 0.29) is 69.5 Å². The largest absolute Gasteiger partial charge is 0.481 e. The van der Waals surface area contributed by atoms with Crippen LogP contribution in [-0.4, -0.2) is 173 Å². The number of urea groups is 1. The summed E-state index contributed by atoms with van der Waals surface area (Å²) in [7, 11) is 4.05. The van der Waals surface area contributed by atoms with Crippen molar-refractivity contribution >= 4 is 58.7 Å². The molecule has 0 saturated carbocycles. The van der Waals surface area contributed by atoms with E-state index in [1.54, 1.807) is 0 Å². The van der Waals surface area contributed by atoms with E-state index >= 15 is 0 Å². The van der Waals surface area contributed by atoms with E-state index in [1.807, 2.05) is 44.4 Å². The first-order valence-electron chi connectivity index (χ1n) is 24.6. The molecule has 0 saturated heterocycles. The number of ketones is 1. The molecule has 18 nitrogen and oxygen atoms in total. The Labute approximate surface area is 419 Å². The number of amides is 3. The summed E-state index contributed by atoms with van der Waals surface area (Å²) in [6, 6.07) is 15.7. The second kappa shape index (κ2) is 35.7. The molecule has 3 amide bonds. The first kappa shape index (κ1) is 60.8. The van der Waals surface area contributed by atoms with Crippen molar-refractivity contribution < 1.29 is 54.0 Å². The molecule has 1 unspecified atom stereocenters. The molecule has 3 atom stereocenters. The van der Waals surface area contributed by atoms with Crippen molar-refractivity contribution in [2.24, 2.45) is 5.92 Å². The topological polar surface area (TPSA) is 258 Å². The number of aliphatic carboxylic acids is 4. The Morgan fingerprint density at radius 2 is 1.29 bits per heavy atom. The van der Waals surface area contributed by atoms with Crippen LogP contribution in [0.4, 0.5) is 4.79 Å². The molecule has 0 spiro atoms. The number of nitrogens with one attached hydrogen (secondary N) is 4. The van der Waals surface area contributed by atoms with Gasteiger partial charge in [0.2, 0.25) is 5.91 Å². The van der Waals surface area contributed by atoms with Gasteiger partial charge < -0.3 is 51.5 Å². The molecule has 0 radical (unpaired) electrons.